The van der Waals surface area contributed by atoms with Crippen molar-refractivity contribution < 1.29 is 4.74 Å². The number of fused-ring (bicyclic) bond motifs is 8. The van der Waals surface area contributed by atoms with Crippen molar-refractivity contribution in [2.45, 2.75) is 19.3 Å². The van der Waals surface area contributed by atoms with E-state index >= 15 is 0 Å². The van der Waals surface area contributed by atoms with E-state index in [1.165, 1.54) is 55.6 Å². The van der Waals surface area contributed by atoms with E-state index in [2.05, 4.69) is 207 Å². The maximum Gasteiger partial charge on any atom is 0.137 e. The smallest absolute Gasteiger partial charge is 0.137 e. The van der Waals surface area contributed by atoms with Gasteiger partial charge in [-0.2, -0.15) is 0 Å². The van der Waals surface area contributed by atoms with E-state index < -0.39 is 0 Å². The van der Waals surface area contributed by atoms with Crippen molar-refractivity contribution >= 4 is 17.1 Å². The summed E-state index contributed by atoms with van der Waals surface area (Å²) in [7, 11) is 0. The molecule has 2 heteroatoms. The van der Waals surface area contributed by atoms with Crippen molar-refractivity contribution in [3.8, 4) is 67.1 Å². The molecule has 53 heavy (non-hydrogen) atoms. The molecule has 0 saturated heterocycles. The Bertz CT molecular complexity index is 2670. The Morgan fingerprint density at radius 1 is 0.358 bits per heavy atom. The molecule has 0 unspecified atom stereocenters. The number of nitrogens with zero attached hydrogens (tertiary/aromatic N) is 1. The number of benzene rings is 8. The molecule has 1 aliphatic carbocycles. The maximum absolute atomic E-state index is 6.95. The number of ether oxygens (including phenoxy) is 1. The fourth-order valence-corrected chi connectivity index (χ4v) is 8.50. The van der Waals surface area contributed by atoms with Crippen LogP contribution in [-0.4, -0.2) is 0 Å². The van der Waals surface area contributed by atoms with Crippen LogP contribution >= 0.6 is 0 Å². The average Bonchev–Trinajstić information content (AvgIpc) is 3.34. The molecular weight excluding hydrogens is 643 g/mol. The van der Waals surface area contributed by atoms with Crippen LogP contribution in [0.3, 0.4) is 0 Å². The van der Waals surface area contributed by atoms with Gasteiger partial charge in [-0.1, -0.05) is 153 Å². The minimum absolute atomic E-state index is 0.127. The summed E-state index contributed by atoms with van der Waals surface area (Å²) in [5, 5.41) is 0. The minimum Gasteiger partial charge on any atom is -0.456 e. The first-order valence-electron chi connectivity index (χ1n) is 18.3. The van der Waals surface area contributed by atoms with Crippen LogP contribution in [0, 0.1) is 0 Å². The molecule has 0 amide bonds. The van der Waals surface area contributed by atoms with Crippen LogP contribution in [0.4, 0.5) is 17.1 Å². The number of hydrogen-bond acceptors (Lipinski definition) is 2. The van der Waals surface area contributed by atoms with Crippen LogP contribution in [0.1, 0.15) is 25.0 Å². The molecule has 0 saturated carbocycles. The summed E-state index contributed by atoms with van der Waals surface area (Å²) in [4.78, 5) is 2.39. The fraction of sp³-hybridized carbons (Fsp3) is 0.0588. The highest BCUT2D eigenvalue weighted by atomic mass is 16.5. The molecule has 8 aromatic carbocycles. The molecule has 0 bridgehead atoms. The van der Waals surface area contributed by atoms with E-state index in [-0.39, 0.29) is 5.41 Å². The van der Waals surface area contributed by atoms with Gasteiger partial charge in [0.2, 0.25) is 0 Å². The first-order valence-corrected chi connectivity index (χ1v) is 18.3. The van der Waals surface area contributed by atoms with Gasteiger partial charge < -0.3 is 9.64 Å². The van der Waals surface area contributed by atoms with Gasteiger partial charge in [-0.15, -0.1) is 0 Å². The van der Waals surface area contributed by atoms with Crippen LogP contribution in [0.25, 0.3) is 55.6 Å². The zero-order chi connectivity index (χ0) is 35.5. The first-order chi connectivity index (χ1) is 26.0. The Balaban J connectivity index is 1.19. The van der Waals surface area contributed by atoms with Crippen LogP contribution in [0.15, 0.2) is 188 Å². The molecule has 2 nitrogen and oxygen atoms in total. The van der Waals surface area contributed by atoms with Gasteiger partial charge in [-0.05, 0) is 92.5 Å². The van der Waals surface area contributed by atoms with E-state index in [4.69, 9.17) is 4.74 Å². The average molecular weight is 680 g/mol. The van der Waals surface area contributed by atoms with Gasteiger partial charge in [0.05, 0.1) is 0 Å². The van der Waals surface area contributed by atoms with Crippen molar-refractivity contribution in [3.63, 3.8) is 0 Å². The quantitative estimate of drug-likeness (QED) is 0.180. The molecule has 1 heterocycles. The molecule has 0 radical (unpaired) electrons. The Hall–Kier alpha value is -6.64. The van der Waals surface area contributed by atoms with E-state index in [9.17, 15) is 0 Å². The van der Waals surface area contributed by atoms with Crippen LogP contribution < -0.4 is 9.64 Å². The SMILES string of the molecule is CC1(C)c2ccccc2-c2ccc(N(c3cccc(-c4ccccc4)c3)c3ccc4c(c3)Oc3ccccc3-c3cccc(-c5ccccc5)c3-4)cc21. The minimum atomic E-state index is -0.127. The van der Waals surface area contributed by atoms with Crippen LogP contribution in [-0.2, 0) is 5.41 Å². The van der Waals surface area contributed by atoms with Crippen molar-refractivity contribution in [2.75, 3.05) is 4.90 Å². The number of hydrogen-bond donors (Lipinski definition) is 0. The van der Waals surface area contributed by atoms with Gasteiger partial charge in [-0.3, -0.25) is 0 Å². The molecule has 0 atom stereocenters. The lowest BCUT2D eigenvalue weighted by Gasteiger charge is -2.29. The zero-order valence-electron chi connectivity index (χ0n) is 29.8. The lowest BCUT2D eigenvalue weighted by atomic mass is 9.82. The molecular formula is C51H37NO. The molecule has 10 rings (SSSR count). The molecule has 2 aliphatic rings. The Labute approximate surface area is 311 Å². The predicted molar refractivity (Wildman–Crippen MR) is 221 cm³/mol. The summed E-state index contributed by atoms with van der Waals surface area (Å²) >= 11 is 0. The Morgan fingerprint density at radius 3 is 1.74 bits per heavy atom. The lowest BCUT2D eigenvalue weighted by Crippen LogP contribution is -2.16. The standard InChI is InChI=1S/C51H37NO/c1-51(2)46-25-11-9-21-41(46)42-29-27-38(32-47(42)51)52(37-20-13-19-36(31-37)34-15-5-3-6-16-34)39-28-30-45-49(33-39)53-48-26-12-10-22-43(48)44-24-14-23-40(50(44)45)35-17-7-4-8-18-35/h3-33H,1-2H3. The fourth-order valence-electron chi connectivity index (χ4n) is 8.50. The van der Waals surface area contributed by atoms with Crippen molar-refractivity contribution in [1.82, 2.24) is 0 Å². The molecule has 1 aliphatic heterocycles. The summed E-state index contributed by atoms with van der Waals surface area (Å²) in [6.07, 6.45) is 0. The van der Waals surface area contributed by atoms with E-state index in [1.807, 2.05) is 0 Å². The Kier molecular flexibility index (Phi) is 7.19. The number of rotatable bonds is 5. The van der Waals surface area contributed by atoms with Gasteiger partial charge >= 0.3 is 0 Å². The van der Waals surface area contributed by atoms with Gasteiger partial charge in [0, 0.05) is 45.2 Å². The third-order valence-electron chi connectivity index (χ3n) is 11.1. The summed E-state index contributed by atoms with van der Waals surface area (Å²) < 4.78 is 6.95. The molecule has 8 aromatic rings. The summed E-state index contributed by atoms with van der Waals surface area (Å²) in [6, 6.07) is 67.7. The van der Waals surface area contributed by atoms with Gasteiger partial charge in [0.15, 0.2) is 0 Å². The molecule has 0 N–H and O–H groups in total. The summed E-state index contributed by atoms with van der Waals surface area (Å²) in [5.41, 5.74) is 17.7. The molecule has 0 aromatic heterocycles. The second-order valence-corrected chi connectivity index (χ2v) is 14.5. The van der Waals surface area contributed by atoms with E-state index in [0.717, 1.165) is 39.7 Å². The highest BCUT2D eigenvalue weighted by molar-refractivity contribution is 6.00. The van der Waals surface area contributed by atoms with Gasteiger partial charge in [0.25, 0.3) is 0 Å². The zero-order valence-corrected chi connectivity index (χ0v) is 29.8. The van der Waals surface area contributed by atoms with Crippen molar-refractivity contribution in [3.05, 3.63) is 199 Å². The first kappa shape index (κ1) is 31.1. The summed E-state index contributed by atoms with van der Waals surface area (Å²) in [5.74, 6) is 1.68. The van der Waals surface area contributed by atoms with Crippen molar-refractivity contribution in [1.29, 1.82) is 0 Å². The largest absolute Gasteiger partial charge is 0.456 e. The maximum atomic E-state index is 6.95. The highest BCUT2D eigenvalue weighted by Gasteiger charge is 2.36. The topological polar surface area (TPSA) is 12.5 Å². The monoisotopic (exact) mass is 679 g/mol. The second kappa shape index (κ2) is 12.3. The van der Waals surface area contributed by atoms with Gasteiger partial charge in [0.1, 0.15) is 11.5 Å². The van der Waals surface area contributed by atoms with E-state index in [0.29, 0.717) is 0 Å². The van der Waals surface area contributed by atoms with Crippen LogP contribution in [0.5, 0.6) is 11.5 Å². The predicted octanol–water partition coefficient (Wildman–Crippen LogP) is 14.2. The Morgan fingerprint density at radius 2 is 0.925 bits per heavy atom. The second-order valence-electron chi connectivity index (χ2n) is 14.5. The highest BCUT2D eigenvalue weighted by Crippen LogP contribution is 2.53. The normalized spacial score (nSPS) is 13.0. The molecule has 252 valence electrons. The number of anilines is 3. The van der Waals surface area contributed by atoms with E-state index in [1.54, 1.807) is 0 Å². The molecule has 0 spiro atoms. The summed E-state index contributed by atoms with van der Waals surface area (Å²) in [6.45, 7) is 4.69. The lowest BCUT2D eigenvalue weighted by molar-refractivity contribution is 0.488. The molecule has 0 fully saturated rings. The van der Waals surface area contributed by atoms with Crippen LogP contribution in [0.2, 0.25) is 0 Å². The third kappa shape index (κ3) is 5.10. The van der Waals surface area contributed by atoms with Crippen molar-refractivity contribution in [2.24, 2.45) is 0 Å². The van der Waals surface area contributed by atoms with Gasteiger partial charge in [-0.25, -0.2) is 0 Å². The number of para-hydroxylation sites is 1. The third-order valence-corrected chi connectivity index (χ3v) is 11.1.